The van der Waals surface area contributed by atoms with E-state index in [1.165, 1.54) is 11.8 Å². The number of thioether (sulfide) groups is 1. The van der Waals surface area contributed by atoms with Crippen molar-refractivity contribution in [3.63, 3.8) is 0 Å². The number of carbonyl (C=O) groups is 1. The maximum Gasteiger partial charge on any atom is 0.166 e. The molecule has 2 nitrogen and oxygen atoms in total. The topological polar surface area (TPSA) is 29.1 Å². The summed E-state index contributed by atoms with van der Waals surface area (Å²) in [7, 11) is 1.72. The molecule has 3 heteroatoms. The number of aldehydes is 1. The van der Waals surface area contributed by atoms with Gasteiger partial charge >= 0.3 is 0 Å². The van der Waals surface area contributed by atoms with Crippen LogP contribution >= 0.6 is 11.8 Å². The number of hydrogen-bond acceptors (Lipinski definition) is 3. The standard InChI is InChI=1S/C5H9NOS/c1-6-5(3-7)4-8-2/h3-4,6H,1-2H3/b5-4-. The molecule has 0 aliphatic rings. The molecule has 0 fully saturated rings. The smallest absolute Gasteiger partial charge is 0.166 e. The van der Waals surface area contributed by atoms with Crippen molar-refractivity contribution in [3.05, 3.63) is 11.1 Å². The maximum absolute atomic E-state index is 9.98. The third-order valence-electron chi connectivity index (χ3n) is 0.660. The molecule has 8 heavy (non-hydrogen) atoms. The predicted octanol–water partition coefficient (Wildman–Crippen LogP) is 0.609. The van der Waals surface area contributed by atoms with Gasteiger partial charge in [0.05, 0.1) is 5.70 Å². The minimum atomic E-state index is 0.623. The van der Waals surface area contributed by atoms with Crippen LogP contribution in [0.1, 0.15) is 0 Å². The number of rotatable bonds is 3. The van der Waals surface area contributed by atoms with Gasteiger partial charge in [-0.3, -0.25) is 4.79 Å². The zero-order chi connectivity index (χ0) is 6.41. The van der Waals surface area contributed by atoms with Crippen LogP contribution in [0.15, 0.2) is 11.1 Å². The van der Waals surface area contributed by atoms with Gasteiger partial charge in [0.15, 0.2) is 6.29 Å². The molecular formula is C5H9NOS. The maximum atomic E-state index is 9.98. The van der Waals surface area contributed by atoms with Crippen LogP contribution in [-0.4, -0.2) is 19.6 Å². The molecule has 0 aliphatic heterocycles. The molecule has 0 heterocycles. The van der Waals surface area contributed by atoms with Crippen LogP contribution in [0.5, 0.6) is 0 Å². The van der Waals surface area contributed by atoms with Crippen LogP contribution in [0.25, 0.3) is 0 Å². The Hall–Kier alpha value is -0.440. The average molecular weight is 131 g/mol. The molecular weight excluding hydrogens is 122 g/mol. The fourth-order valence-corrected chi connectivity index (χ4v) is 0.700. The molecule has 0 unspecified atom stereocenters. The van der Waals surface area contributed by atoms with Gasteiger partial charge in [-0.1, -0.05) is 0 Å². The van der Waals surface area contributed by atoms with Crippen molar-refractivity contribution in [1.29, 1.82) is 0 Å². The second-order valence-electron chi connectivity index (χ2n) is 1.18. The highest BCUT2D eigenvalue weighted by atomic mass is 32.2. The summed E-state index contributed by atoms with van der Waals surface area (Å²) >= 11 is 1.50. The van der Waals surface area contributed by atoms with Crippen LogP contribution in [0.3, 0.4) is 0 Å². The summed E-state index contributed by atoms with van der Waals surface area (Å²) in [5, 5.41) is 4.48. The van der Waals surface area contributed by atoms with E-state index in [4.69, 9.17) is 0 Å². The number of carbonyl (C=O) groups excluding carboxylic acids is 1. The van der Waals surface area contributed by atoms with Gasteiger partial charge in [0.1, 0.15) is 0 Å². The molecule has 46 valence electrons. The Labute approximate surface area is 53.3 Å². The van der Waals surface area contributed by atoms with Crippen molar-refractivity contribution < 1.29 is 4.79 Å². The summed E-state index contributed by atoms with van der Waals surface area (Å²) in [4.78, 5) is 9.98. The second-order valence-corrected chi connectivity index (χ2v) is 1.88. The van der Waals surface area contributed by atoms with E-state index in [1.54, 1.807) is 12.5 Å². The Balaban J connectivity index is 3.66. The van der Waals surface area contributed by atoms with E-state index in [-0.39, 0.29) is 0 Å². The SMILES string of the molecule is CN/C(C=O)=C\SC. The van der Waals surface area contributed by atoms with Crippen molar-refractivity contribution in [3.8, 4) is 0 Å². The van der Waals surface area contributed by atoms with E-state index in [0.717, 1.165) is 6.29 Å². The van der Waals surface area contributed by atoms with Crippen LogP contribution in [0, 0.1) is 0 Å². The number of likely N-dealkylation sites (N-methyl/N-ethyl adjacent to an activating group) is 1. The lowest BCUT2D eigenvalue weighted by atomic mass is 10.6. The third kappa shape index (κ3) is 2.69. The molecule has 0 saturated carbocycles. The quantitative estimate of drug-likeness (QED) is 0.449. The summed E-state index contributed by atoms with van der Waals surface area (Å²) in [6.07, 6.45) is 2.69. The summed E-state index contributed by atoms with van der Waals surface area (Å²) in [6, 6.07) is 0. The fraction of sp³-hybridized carbons (Fsp3) is 0.400. The second kappa shape index (κ2) is 4.71. The van der Waals surface area contributed by atoms with Crippen molar-refractivity contribution in [2.24, 2.45) is 0 Å². The summed E-state index contributed by atoms with van der Waals surface area (Å²) in [5.41, 5.74) is 0.623. The minimum Gasteiger partial charge on any atom is -0.385 e. The highest BCUT2D eigenvalue weighted by Gasteiger charge is 1.83. The molecule has 0 aromatic heterocycles. The molecule has 0 radical (unpaired) electrons. The number of hydrogen-bond donors (Lipinski definition) is 1. The zero-order valence-electron chi connectivity index (χ0n) is 4.97. The minimum absolute atomic E-state index is 0.623. The molecule has 0 bridgehead atoms. The monoisotopic (exact) mass is 131 g/mol. The van der Waals surface area contributed by atoms with Gasteiger partial charge in [-0.2, -0.15) is 0 Å². The van der Waals surface area contributed by atoms with Crippen molar-refractivity contribution in [1.82, 2.24) is 5.32 Å². The van der Waals surface area contributed by atoms with Crippen LogP contribution in [0.2, 0.25) is 0 Å². The fourth-order valence-electron chi connectivity index (χ4n) is 0.273. The first-order chi connectivity index (χ1) is 3.85. The predicted molar refractivity (Wildman–Crippen MR) is 36.7 cm³/mol. The zero-order valence-corrected chi connectivity index (χ0v) is 5.79. The summed E-state index contributed by atoms with van der Waals surface area (Å²) in [5.74, 6) is 0. The van der Waals surface area contributed by atoms with Crippen molar-refractivity contribution in [2.75, 3.05) is 13.3 Å². The molecule has 0 spiro atoms. The molecule has 0 aliphatic carbocycles. The van der Waals surface area contributed by atoms with E-state index < -0.39 is 0 Å². The molecule has 0 atom stereocenters. The number of nitrogens with one attached hydrogen (secondary N) is 1. The highest BCUT2D eigenvalue weighted by Crippen LogP contribution is 1.95. The van der Waals surface area contributed by atoms with Crippen LogP contribution in [0.4, 0.5) is 0 Å². The van der Waals surface area contributed by atoms with E-state index >= 15 is 0 Å². The van der Waals surface area contributed by atoms with Crippen molar-refractivity contribution >= 4 is 18.0 Å². The van der Waals surface area contributed by atoms with Gasteiger partial charge in [0.25, 0.3) is 0 Å². The third-order valence-corrected chi connectivity index (χ3v) is 1.15. The van der Waals surface area contributed by atoms with E-state index in [0.29, 0.717) is 5.70 Å². The van der Waals surface area contributed by atoms with Gasteiger partial charge in [0.2, 0.25) is 0 Å². The summed E-state index contributed by atoms with van der Waals surface area (Å²) in [6.45, 7) is 0. The van der Waals surface area contributed by atoms with E-state index in [2.05, 4.69) is 5.32 Å². The van der Waals surface area contributed by atoms with Crippen LogP contribution in [-0.2, 0) is 4.79 Å². The lowest BCUT2D eigenvalue weighted by molar-refractivity contribution is -0.105. The van der Waals surface area contributed by atoms with Crippen LogP contribution < -0.4 is 5.32 Å². The van der Waals surface area contributed by atoms with Gasteiger partial charge < -0.3 is 5.32 Å². The number of allylic oxidation sites excluding steroid dienone is 1. The van der Waals surface area contributed by atoms with Gasteiger partial charge in [-0.05, 0) is 11.7 Å². The Kier molecular flexibility index (Phi) is 4.45. The van der Waals surface area contributed by atoms with Gasteiger partial charge in [-0.25, -0.2) is 0 Å². The molecule has 0 saturated heterocycles. The first-order valence-electron chi connectivity index (χ1n) is 2.21. The Bertz CT molecular complexity index is 101. The van der Waals surface area contributed by atoms with Crippen molar-refractivity contribution in [2.45, 2.75) is 0 Å². The van der Waals surface area contributed by atoms with Gasteiger partial charge in [0, 0.05) is 7.05 Å². The Morgan fingerprint density at radius 2 is 2.38 bits per heavy atom. The molecule has 0 amide bonds. The largest absolute Gasteiger partial charge is 0.385 e. The Morgan fingerprint density at radius 1 is 1.75 bits per heavy atom. The van der Waals surface area contributed by atoms with E-state index in [1.807, 2.05) is 6.26 Å². The molecule has 0 aromatic rings. The lowest BCUT2D eigenvalue weighted by Crippen LogP contribution is -2.05. The Morgan fingerprint density at radius 3 is 2.50 bits per heavy atom. The van der Waals surface area contributed by atoms with E-state index in [9.17, 15) is 4.79 Å². The average Bonchev–Trinajstić information content (AvgIpc) is 1.83. The first-order valence-corrected chi connectivity index (χ1v) is 3.49. The summed E-state index contributed by atoms with van der Waals surface area (Å²) < 4.78 is 0. The molecule has 0 rings (SSSR count). The van der Waals surface area contributed by atoms with Gasteiger partial charge in [-0.15, -0.1) is 11.8 Å². The molecule has 1 N–H and O–H groups in total. The normalized spacial score (nSPS) is 11.0. The first kappa shape index (κ1) is 7.56. The lowest BCUT2D eigenvalue weighted by Gasteiger charge is -1.92. The highest BCUT2D eigenvalue weighted by molar-refractivity contribution is 8.01. The molecule has 0 aromatic carbocycles.